The van der Waals surface area contributed by atoms with E-state index in [9.17, 15) is 14.7 Å². The van der Waals surface area contributed by atoms with Gasteiger partial charge in [0.15, 0.2) is 11.5 Å². The number of hydrogen-bond donors (Lipinski definition) is 2. The Morgan fingerprint density at radius 2 is 1.52 bits per heavy atom. The van der Waals surface area contributed by atoms with Crippen molar-refractivity contribution in [3.05, 3.63) is 88.5 Å². The van der Waals surface area contributed by atoms with E-state index in [2.05, 4.69) is 52.1 Å². The molecule has 7 nitrogen and oxygen atoms in total. The van der Waals surface area contributed by atoms with Gasteiger partial charge in [-0.15, -0.1) is 0 Å². The molecule has 0 spiro atoms. The van der Waals surface area contributed by atoms with Crippen molar-refractivity contribution in [1.82, 2.24) is 5.43 Å². The molecule has 2 N–H and O–H groups in total. The molecule has 0 atom stereocenters. The number of nitrogens with one attached hydrogen (secondary N) is 1. The molecule has 0 aliphatic rings. The highest BCUT2D eigenvalue weighted by Gasteiger charge is 2.26. The van der Waals surface area contributed by atoms with Gasteiger partial charge in [-0.05, 0) is 76.8 Å². The summed E-state index contributed by atoms with van der Waals surface area (Å²) < 4.78 is 11.2. The number of hydrogen-bond acceptors (Lipinski definition) is 6. The van der Waals surface area contributed by atoms with E-state index >= 15 is 0 Å². The first kappa shape index (κ1) is 30.4. The number of ether oxygens (including phenoxy) is 2. The molecule has 0 saturated carbocycles. The topological polar surface area (TPSA) is 97.2 Å². The number of phenols is 1. The summed E-state index contributed by atoms with van der Waals surface area (Å²) in [6, 6.07) is 17.8. The van der Waals surface area contributed by atoms with Crippen LogP contribution in [0.4, 0.5) is 0 Å². The van der Waals surface area contributed by atoms with Gasteiger partial charge < -0.3 is 14.6 Å². The number of rotatable bonds is 9. The predicted octanol–water partition coefficient (Wildman–Crippen LogP) is 6.69. The van der Waals surface area contributed by atoms with Crippen LogP contribution in [0.25, 0.3) is 0 Å². The Morgan fingerprint density at radius 1 is 0.900 bits per heavy atom. The molecular weight excluding hydrogens is 504 g/mol. The summed E-state index contributed by atoms with van der Waals surface area (Å²) in [6.45, 7) is 14.6. The fraction of sp³-hybridized carbons (Fsp3) is 0.364. The molecule has 1 amide bonds. The van der Waals surface area contributed by atoms with Crippen molar-refractivity contribution in [3.63, 3.8) is 0 Å². The second-order valence-corrected chi connectivity index (χ2v) is 11.7. The van der Waals surface area contributed by atoms with Crippen LogP contribution in [-0.2, 0) is 22.0 Å². The van der Waals surface area contributed by atoms with Gasteiger partial charge in [0, 0.05) is 6.42 Å². The lowest BCUT2D eigenvalue weighted by molar-refractivity contribution is -0.121. The van der Waals surface area contributed by atoms with Crippen LogP contribution in [0, 0.1) is 0 Å². The summed E-state index contributed by atoms with van der Waals surface area (Å²) in [5, 5.41) is 15.0. The molecule has 40 heavy (non-hydrogen) atoms. The number of phenolic OH excluding ortho intramolecular Hbond substituents is 1. The van der Waals surface area contributed by atoms with Gasteiger partial charge in [-0.25, -0.2) is 10.2 Å². The monoisotopic (exact) mass is 544 g/mol. The maximum absolute atomic E-state index is 12.6. The fourth-order valence-corrected chi connectivity index (χ4v) is 4.17. The molecule has 212 valence electrons. The summed E-state index contributed by atoms with van der Waals surface area (Å²) in [6.07, 6.45) is 2.27. The van der Waals surface area contributed by atoms with Gasteiger partial charge >= 0.3 is 5.97 Å². The molecule has 0 bridgehead atoms. The zero-order chi connectivity index (χ0) is 29.5. The van der Waals surface area contributed by atoms with Gasteiger partial charge in [0.2, 0.25) is 5.91 Å². The Bertz CT molecular complexity index is 1330. The molecule has 0 aliphatic carbocycles. The molecule has 3 aromatic rings. The van der Waals surface area contributed by atoms with Crippen LogP contribution < -0.4 is 14.9 Å². The molecule has 0 heterocycles. The van der Waals surface area contributed by atoms with Gasteiger partial charge in [-0.2, -0.15) is 5.10 Å². The minimum absolute atomic E-state index is 0.225. The fourth-order valence-electron chi connectivity index (χ4n) is 4.17. The minimum atomic E-state index is -0.479. The summed E-state index contributed by atoms with van der Waals surface area (Å²) in [5.41, 5.74) is 5.96. The Kier molecular flexibility index (Phi) is 9.74. The lowest BCUT2D eigenvalue weighted by atomic mass is 9.78. The Labute approximate surface area is 237 Å². The molecule has 0 radical (unpaired) electrons. The average Bonchev–Trinajstić information content (AvgIpc) is 2.88. The van der Waals surface area contributed by atoms with Gasteiger partial charge in [0.1, 0.15) is 5.75 Å². The Hall–Kier alpha value is -4.13. The second-order valence-electron chi connectivity index (χ2n) is 11.7. The molecule has 7 heteroatoms. The zero-order valence-corrected chi connectivity index (χ0v) is 24.5. The lowest BCUT2D eigenvalue weighted by Crippen LogP contribution is -2.20. The number of hydrazone groups is 1. The molecule has 3 aromatic carbocycles. The molecule has 3 rings (SSSR count). The van der Waals surface area contributed by atoms with Crippen molar-refractivity contribution in [2.75, 3.05) is 6.61 Å². The summed E-state index contributed by atoms with van der Waals surface area (Å²) in [7, 11) is 0. The van der Waals surface area contributed by atoms with Crippen LogP contribution in [-0.4, -0.2) is 29.8 Å². The highest BCUT2D eigenvalue weighted by atomic mass is 16.6. The van der Waals surface area contributed by atoms with Crippen LogP contribution in [0.1, 0.15) is 87.5 Å². The first-order valence-corrected chi connectivity index (χ1v) is 13.5. The molecule has 0 unspecified atom stereocenters. The number of amides is 1. The van der Waals surface area contributed by atoms with E-state index in [1.54, 1.807) is 42.5 Å². The van der Waals surface area contributed by atoms with E-state index in [0.717, 1.165) is 16.7 Å². The number of benzene rings is 3. The third-order valence-electron chi connectivity index (χ3n) is 6.31. The normalized spacial score (nSPS) is 11.9. The molecule has 0 aromatic heterocycles. The van der Waals surface area contributed by atoms with Crippen molar-refractivity contribution in [1.29, 1.82) is 0 Å². The standard InChI is InChI=1S/C33H40N2O5/c1-8-39-28-20-23(14-16-27(28)40-31(38)24-12-10-9-11-13-24)21-34-35-29(36)17-15-22-18-25(32(2,3)4)30(37)26(19-22)33(5,6)7/h9-14,16,18-21,37H,8,15,17H2,1-7H3,(H,35,36)/b34-21-. The minimum Gasteiger partial charge on any atom is -0.507 e. The summed E-state index contributed by atoms with van der Waals surface area (Å²) >= 11 is 0. The quantitative estimate of drug-likeness (QED) is 0.135. The van der Waals surface area contributed by atoms with Gasteiger partial charge in [-0.1, -0.05) is 71.9 Å². The molecule has 0 fully saturated rings. The van der Waals surface area contributed by atoms with Crippen LogP contribution >= 0.6 is 0 Å². The number of carbonyl (C=O) groups is 2. The van der Waals surface area contributed by atoms with E-state index in [1.807, 2.05) is 25.1 Å². The van der Waals surface area contributed by atoms with Crippen molar-refractivity contribution >= 4 is 18.1 Å². The maximum atomic E-state index is 12.6. The van der Waals surface area contributed by atoms with Crippen molar-refractivity contribution in [2.24, 2.45) is 5.10 Å². The third-order valence-corrected chi connectivity index (χ3v) is 6.31. The first-order valence-electron chi connectivity index (χ1n) is 13.5. The third kappa shape index (κ3) is 8.18. The smallest absolute Gasteiger partial charge is 0.343 e. The number of aryl methyl sites for hydroxylation is 1. The van der Waals surface area contributed by atoms with E-state index in [0.29, 0.717) is 41.4 Å². The second kappa shape index (κ2) is 12.8. The molecule has 0 aliphatic heterocycles. The Morgan fingerprint density at radius 3 is 2.10 bits per heavy atom. The number of nitrogens with zero attached hydrogens (tertiary/aromatic N) is 1. The van der Waals surface area contributed by atoms with Crippen LogP contribution in [0.15, 0.2) is 65.8 Å². The van der Waals surface area contributed by atoms with E-state index in [-0.39, 0.29) is 23.2 Å². The van der Waals surface area contributed by atoms with Gasteiger partial charge in [0.25, 0.3) is 0 Å². The van der Waals surface area contributed by atoms with Gasteiger partial charge in [0.05, 0.1) is 18.4 Å². The van der Waals surface area contributed by atoms with Crippen LogP contribution in [0.3, 0.4) is 0 Å². The maximum Gasteiger partial charge on any atom is 0.343 e. The summed E-state index contributed by atoms with van der Waals surface area (Å²) in [4.78, 5) is 25.0. The summed E-state index contributed by atoms with van der Waals surface area (Å²) in [5.74, 6) is 0.323. The van der Waals surface area contributed by atoms with E-state index in [4.69, 9.17) is 9.47 Å². The number of esters is 1. The number of carbonyl (C=O) groups excluding carboxylic acids is 2. The predicted molar refractivity (Wildman–Crippen MR) is 159 cm³/mol. The molecule has 0 saturated heterocycles. The van der Waals surface area contributed by atoms with E-state index in [1.165, 1.54) is 6.21 Å². The highest BCUT2D eigenvalue weighted by Crippen LogP contribution is 2.40. The van der Waals surface area contributed by atoms with Crippen molar-refractivity contribution in [2.45, 2.75) is 72.1 Å². The van der Waals surface area contributed by atoms with Crippen LogP contribution in [0.2, 0.25) is 0 Å². The van der Waals surface area contributed by atoms with Crippen LogP contribution in [0.5, 0.6) is 17.2 Å². The average molecular weight is 545 g/mol. The highest BCUT2D eigenvalue weighted by molar-refractivity contribution is 5.91. The Balaban J connectivity index is 1.66. The lowest BCUT2D eigenvalue weighted by Gasteiger charge is -2.28. The van der Waals surface area contributed by atoms with Crippen molar-refractivity contribution in [3.8, 4) is 17.2 Å². The molecular formula is C33H40N2O5. The van der Waals surface area contributed by atoms with Gasteiger partial charge in [-0.3, -0.25) is 4.79 Å². The van der Waals surface area contributed by atoms with E-state index < -0.39 is 5.97 Å². The zero-order valence-electron chi connectivity index (χ0n) is 24.5. The first-order chi connectivity index (χ1) is 18.8. The van der Waals surface area contributed by atoms with Crippen molar-refractivity contribution < 1.29 is 24.2 Å². The number of aromatic hydroxyl groups is 1. The largest absolute Gasteiger partial charge is 0.507 e. The SMILES string of the molecule is CCOc1cc(/C=N\NC(=O)CCc2cc(C(C)(C)C)c(O)c(C(C)(C)C)c2)ccc1OC(=O)c1ccccc1.